The number of nitrogens with zero attached hydrogens (tertiary/aromatic N) is 3. The number of nitrogens with one attached hydrogen (secondary N) is 1. The van der Waals surface area contributed by atoms with Crippen LogP contribution in [-0.4, -0.2) is 62.0 Å². The van der Waals surface area contributed by atoms with Crippen molar-refractivity contribution in [3.8, 4) is 0 Å². The lowest BCUT2D eigenvalue weighted by molar-refractivity contribution is -0.384. The van der Waals surface area contributed by atoms with Crippen molar-refractivity contribution in [2.75, 3.05) is 43.4 Å². The molecule has 1 amide bonds. The van der Waals surface area contributed by atoms with Crippen LogP contribution >= 0.6 is 23.2 Å². The van der Waals surface area contributed by atoms with Gasteiger partial charge in [-0.05, 0) is 18.2 Å². The first-order valence-electron chi connectivity index (χ1n) is 9.38. The van der Waals surface area contributed by atoms with E-state index in [-0.39, 0.29) is 28.6 Å². The number of piperazine rings is 1. The molecule has 1 aliphatic heterocycles. The van der Waals surface area contributed by atoms with Crippen molar-refractivity contribution in [1.29, 1.82) is 0 Å². The number of rotatable bonds is 7. The first-order valence-corrected chi connectivity index (χ1v) is 11.7. The molecule has 1 fully saturated rings. The molecule has 1 heterocycles. The van der Waals surface area contributed by atoms with Crippen LogP contribution in [0.5, 0.6) is 0 Å². The highest BCUT2D eigenvalue weighted by Gasteiger charge is 2.27. The summed E-state index contributed by atoms with van der Waals surface area (Å²) in [7, 11) is -3.59. The van der Waals surface area contributed by atoms with Crippen LogP contribution in [0.1, 0.15) is 10.4 Å². The summed E-state index contributed by atoms with van der Waals surface area (Å²) >= 11 is 12.1. The van der Waals surface area contributed by atoms with Gasteiger partial charge in [0.25, 0.3) is 11.6 Å². The highest BCUT2D eigenvalue weighted by Crippen LogP contribution is 2.26. The van der Waals surface area contributed by atoms with Crippen molar-refractivity contribution in [1.82, 2.24) is 9.62 Å². The molecular weight excluding hydrogens is 467 g/mol. The first kappa shape index (κ1) is 23.3. The standard InChI is InChI=1S/C19H20Cl2N4O5S/c20-16-6-5-14(25(27)28)13-15(16)19(26)22-7-12-31(29,30)24-10-8-23(9-11-24)18-4-2-1-3-17(18)21/h1-6,13H,7-12H2,(H,22,26). The molecule has 3 rings (SSSR count). The van der Waals surface area contributed by atoms with Crippen molar-refractivity contribution in [2.45, 2.75) is 0 Å². The van der Waals surface area contributed by atoms with Crippen molar-refractivity contribution in [2.24, 2.45) is 0 Å². The third-order valence-corrected chi connectivity index (χ3v) is 7.40. The number of carbonyl (C=O) groups is 1. The molecule has 9 nitrogen and oxygen atoms in total. The Morgan fingerprint density at radius 3 is 2.39 bits per heavy atom. The number of nitro benzene ring substituents is 1. The number of hydrogen-bond acceptors (Lipinski definition) is 6. The van der Waals surface area contributed by atoms with Gasteiger partial charge in [0.1, 0.15) is 0 Å². The van der Waals surface area contributed by atoms with E-state index < -0.39 is 20.9 Å². The fourth-order valence-electron chi connectivity index (χ4n) is 3.23. The zero-order valence-electron chi connectivity index (χ0n) is 16.3. The van der Waals surface area contributed by atoms with Crippen LogP contribution in [0.3, 0.4) is 0 Å². The minimum absolute atomic E-state index is 0.0432. The zero-order chi connectivity index (χ0) is 22.6. The fourth-order valence-corrected chi connectivity index (χ4v) is 5.03. The smallest absolute Gasteiger partial charge is 0.270 e. The molecule has 0 spiro atoms. The van der Waals surface area contributed by atoms with Gasteiger partial charge in [-0.15, -0.1) is 0 Å². The number of nitro groups is 1. The summed E-state index contributed by atoms with van der Waals surface area (Å²) in [6.45, 7) is 1.46. The van der Waals surface area contributed by atoms with Gasteiger partial charge in [-0.3, -0.25) is 14.9 Å². The molecule has 0 aliphatic carbocycles. The van der Waals surface area contributed by atoms with Gasteiger partial charge in [-0.1, -0.05) is 35.3 Å². The molecular formula is C19H20Cl2N4O5S. The molecule has 1 N–H and O–H groups in total. The molecule has 12 heteroatoms. The van der Waals surface area contributed by atoms with Crippen molar-refractivity contribution >= 4 is 50.5 Å². The molecule has 1 aliphatic rings. The maximum atomic E-state index is 12.6. The molecule has 0 saturated carbocycles. The van der Waals surface area contributed by atoms with E-state index in [1.54, 1.807) is 6.07 Å². The second kappa shape index (κ2) is 9.82. The molecule has 0 bridgehead atoms. The highest BCUT2D eigenvalue weighted by atomic mass is 35.5. The van der Waals surface area contributed by atoms with Gasteiger partial charge in [0.05, 0.1) is 32.0 Å². The number of amides is 1. The number of anilines is 1. The largest absolute Gasteiger partial charge is 0.368 e. The van der Waals surface area contributed by atoms with Crippen molar-refractivity contribution in [3.05, 3.63) is 68.2 Å². The monoisotopic (exact) mass is 486 g/mol. The topological polar surface area (TPSA) is 113 Å². The van der Waals surface area contributed by atoms with Gasteiger partial charge in [0, 0.05) is 44.9 Å². The quantitative estimate of drug-likeness (QED) is 0.475. The van der Waals surface area contributed by atoms with Crippen LogP contribution in [0.25, 0.3) is 0 Å². The number of sulfonamides is 1. The second-order valence-electron chi connectivity index (χ2n) is 6.83. The normalized spacial score (nSPS) is 15.0. The molecule has 0 unspecified atom stereocenters. The Balaban J connectivity index is 1.54. The maximum absolute atomic E-state index is 12.6. The van der Waals surface area contributed by atoms with E-state index in [2.05, 4.69) is 5.32 Å². The number of non-ortho nitro benzene ring substituents is 1. The summed E-state index contributed by atoms with van der Waals surface area (Å²) in [5.74, 6) is -0.968. The molecule has 2 aromatic carbocycles. The van der Waals surface area contributed by atoms with E-state index >= 15 is 0 Å². The Kier molecular flexibility index (Phi) is 7.37. The highest BCUT2D eigenvalue weighted by molar-refractivity contribution is 7.89. The third kappa shape index (κ3) is 5.65. The maximum Gasteiger partial charge on any atom is 0.270 e. The zero-order valence-corrected chi connectivity index (χ0v) is 18.7. The van der Waals surface area contributed by atoms with Crippen molar-refractivity contribution in [3.63, 3.8) is 0 Å². The first-order chi connectivity index (χ1) is 14.7. The lowest BCUT2D eigenvalue weighted by atomic mass is 10.2. The molecule has 2 aromatic rings. The van der Waals surface area contributed by atoms with E-state index in [1.807, 2.05) is 23.1 Å². The van der Waals surface area contributed by atoms with Crippen LogP contribution < -0.4 is 10.2 Å². The van der Waals surface area contributed by atoms with Crippen LogP contribution in [0, 0.1) is 10.1 Å². The Hall–Kier alpha value is -2.40. The van der Waals surface area contributed by atoms with Crippen LogP contribution in [0.2, 0.25) is 10.0 Å². The molecule has 0 aromatic heterocycles. The molecule has 0 atom stereocenters. The second-order valence-corrected chi connectivity index (χ2v) is 9.73. The van der Waals surface area contributed by atoms with Gasteiger partial charge in [-0.25, -0.2) is 8.42 Å². The number of benzene rings is 2. The molecule has 0 radical (unpaired) electrons. The van der Waals surface area contributed by atoms with Gasteiger partial charge in [0.15, 0.2) is 0 Å². The number of carbonyl (C=O) groups excluding carboxylic acids is 1. The summed E-state index contributed by atoms with van der Waals surface area (Å²) < 4.78 is 26.7. The van der Waals surface area contributed by atoms with Crippen LogP contribution in [0.15, 0.2) is 42.5 Å². The molecule has 31 heavy (non-hydrogen) atoms. The Bertz CT molecular complexity index is 1090. The Labute approximate surface area is 189 Å². The molecule has 1 saturated heterocycles. The van der Waals surface area contributed by atoms with Crippen molar-refractivity contribution < 1.29 is 18.1 Å². The fraction of sp³-hybridized carbons (Fsp3) is 0.316. The van der Waals surface area contributed by atoms with E-state index in [0.29, 0.717) is 31.2 Å². The Morgan fingerprint density at radius 2 is 1.74 bits per heavy atom. The average molecular weight is 487 g/mol. The van der Waals surface area contributed by atoms with Crippen LogP contribution in [-0.2, 0) is 10.0 Å². The summed E-state index contributed by atoms with van der Waals surface area (Å²) in [5.41, 5.74) is 0.502. The SMILES string of the molecule is O=C(NCCS(=O)(=O)N1CCN(c2ccccc2Cl)CC1)c1cc([N+](=O)[O-])ccc1Cl. The van der Waals surface area contributed by atoms with E-state index in [0.717, 1.165) is 11.8 Å². The average Bonchev–Trinajstić information content (AvgIpc) is 2.74. The summed E-state index contributed by atoms with van der Waals surface area (Å²) in [5, 5.41) is 14.0. The lowest BCUT2D eigenvalue weighted by Gasteiger charge is -2.35. The van der Waals surface area contributed by atoms with Gasteiger partial charge in [-0.2, -0.15) is 4.31 Å². The minimum Gasteiger partial charge on any atom is -0.368 e. The summed E-state index contributed by atoms with van der Waals surface area (Å²) in [6, 6.07) is 10.9. The molecule has 166 valence electrons. The predicted molar refractivity (Wildman–Crippen MR) is 119 cm³/mol. The van der Waals surface area contributed by atoms with Gasteiger partial charge < -0.3 is 10.2 Å². The summed E-state index contributed by atoms with van der Waals surface area (Å²) in [4.78, 5) is 24.6. The van der Waals surface area contributed by atoms with Crippen LogP contribution in [0.4, 0.5) is 11.4 Å². The lowest BCUT2D eigenvalue weighted by Crippen LogP contribution is -2.50. The number of para-hydroxylation sites is 1. The Morgan fingerprint density at radius 1 is 1.06 bits per heavy atom. The number of hydrogen-bond donors (Lipinski definition) is 1. The summed E-state index contributed by atoms with van der Waals surface area (Å²) in [6.07, 6.45) is 0. The number of halogens is 2. The van der Waals surface area contributed by atoms with Gasteiger partial charge >= 0.3 is 0 Å². The van der Waals surface area contributed by atoms with E-state index in [9.17, 15) is 23.3 Å². The predicted octanol–water partition coefficient (Wildman–Crippen LogP) is 2.78. The van der Waals surface area contributed by atoms with Gasteiger partial charge in [0.2, 0.25) is 10.0 Å². The third-order valence-electron chi connectivity index (χ3n) is 4.88. The van der Waals surface area contributed by atoms with E-state index in [1.165, 1.54) is 16.4 Å². The van der Waals surface area contributed by atoms with E-state index in [4.69, 9.17) is 23.2 Å². The minimum atomic E-state index is -3.59.